The summed E-state index contributed by atoms with van der Waals surface area (Å²) < 4.78 is 2.07. The maximum absolute atomic E-state index is 12.4. The summed E-state index contributed by atoms with van der Waals surface area (Å²) in [5.41, 5.74) is 0.858. The molecular weight excluding hydrogens is 316 g/mol. The number of hydrogen-bond acceptors (Lipinski definition) is 5. The van der Waals surface area contributed by atoms with Crippen molar-refractivity contribution in [2.24, 2.45) is 0 Å². The predicted octanol–water partition coefficient (Wildman–Crippen LogP) is 3.45. The van der Waals surface area contributed by atoms with Gasteiger partial charge in [-0.05, 0) is 38.2 Å². The molecule has 5 nitrogen and oxygen atoms in total. The van der Waals surface area contributed by atoms with Crippen molar-refractivity contribution in [2.45, 2.75) is 41.1 Å². The highest BCUT2D eigenvalue weighted by Crippen LogP contribution is 2.38. The molecular formula is C15H18N4OS2. The minimum atomic E-state index is -0.225. The van der Waals surface area contributed by atoms with E-state index in [-0.39, 0.29) is 11.2 Å². The van der Waals surface area contributed by atoms with E-state index in [0.29, 0.717) is 6.04 Å². The molecule has 1 heterocycles. The Bertz CT molecular complexity index is 669. The van der Waals surface area contributed by atoms with Crippen molar-refractivity contribution in [3.8, 4) is 0 Å². The average molecular weight is 334 g/mol. The summed E-state index contributed by atoms with van der Waals surface area (Å²) >= 11 is 3.08. The Morgan fingerprint density at radius 3 is 2.91 bits per heavy atom. The van der Waals surface area contributed by atoms with Crippen molar-refractivity contribution in [3.05, 3.63) is 30.6 Å². The first-order chi connectivity index (χ1) is 10.7. The Morgan fingerprint density at radius 2 is 2.18 bits per heavy atom. The predicted molar refractivity (Wildman–Crippen MR) is 90.5 cm³/mol. The van der Waals surface area contributed by atoms with Gasteiger partial charge in [0.2, 0.25) is 5.91 Å². The third-order valence-electron chi connectivity index (χ3n) is 3.50. The van der Waals surface area contributed by atoms with Crippen molar-refractivity contribution in [2.75, 3.05) is 11.6 Å². The van der Waals surface area contributed by atoms with E-state index < -0.39 is 0 Å². The highest BCUT2D eigenvalue weighted by atomic mass is 32.2. The summed E-state index contributed by atoms with van der Waals surface area (Å²) in [7, 11) is 0. The zero-order valence-electron chi connectivity index (χ0n) is 12.5. The molecule has 22 heavy (non-hydrogen) atoms. The normalized spacial score (nSPS) is 15.5. The summed E-state index contributed by atoms with van der Waals surface area (Å²) in [6.45, 7) is 1.90. The van der Waals surface area contributed by atoms with Crippen LogP contribution in [0, 0.1) is 0 Å². The van der Waals surface area contributed by atoms with Crippen LogP contribution in [0.5, 0.6) is 0 Å². The largest absolute Gasteiger partial charge is 0.324 e. The fourth-order valence-electron chi connectivity index (χ4n) is 2.11. The molecule has 0 bridgehead atoms. The molecule has 1 amide bonds. The SMILES string of the molecule is CSc1ccccc1NC(=O)C(C)Sc1nncn1C1CC1. The van der Waals surface area contributed by atoms with Gasteiger partial charge in [-0.2, -0.15) is 0 Å². The molecule has 0 aliphatic heterocycles. The molecule has 1 unspecified atom stereocenters. The molecule has 1 saturated carbocycles. The molecule has 0 spiro atoms. The number of para-hydroxylation sites is 1. The van der Waals surface area contributed by atoms with E-state index >= 15 is 0 Å². The minimum Gasteiger partial charge on any atom is -0.324 e. The highest BCUT2D eigenvalue weighted by Gasteiger charge is 2.28. The maximum atomic E-state index is 12.4. The Balaban J connectivity index is 1.65. The van der Waals surface area contributed by atoms with Crippen LogP contribution >= 0.6 is 23.5 Å². The van der Waals surface area contributed by atoms with Crippen LogP contribution in [0.2, 0.25) is 0 Å². The second kappa shape index (κ2) is 6.75. The van der Waals surface area contributed by atoms with E-state index in [1.54, 1.807) is 18.1 Å². The van der Waals surface area contributed by atoms with Crippen molar-refractivity contribution in [1.29, 1.82) is 0 Å². The van der Waals surface area contributed by atoms with Crippen molar-refractivity contribution in [3.63, 3.8) is 0 Å². The summed E-state index contributed by atoms with van der Waals surface area (Å²) in [6.07, 6.45) is 6.11. The van der Waals surface area contributed by atoms with Gasteiger partial charge in [-0.3, -0.25) is 4.79 Å². The summed E-state index contributed by atoms with van der Waals surface area (Å²) in [6, 6.07) is 8.34. The first kappa shape index (κ1) is 15.4. The summed E-state index contributed by atoms with van der Waals surface area (Å²) in [5.74, 6) is -0.0168. The van der Waals surface area contributed by atoms with Gasteiger partial charge in [-0.15, -0.1) is 22.0 Å². The number of thioether (sulfide) groups is 2. The number of rotatable bonds is 6. The van der Waals surface area contributed by atoms with Gasteiger partial charge in [0.15, 0.2) is 5.16 Å². The Hall–Kier alpha value is -1.47. The van der Waals surface area contributed by atoms with Crippen LogP contribution in [0.3, 0.4) is 0 Å². The van der Waals surface area contributed by atoms with Crippen LogP contribution in [-0.4, -0.2) is 32.2 Å². The topological polar surface area (TPSA) is 59.8 Å². The van der Waals surface area contributed by atoms with Gasteiger partial charge in [-0.25, -0.2) is 0 Å². The van der Waals surface area contributed by atoms with Crippen molar-refractivity contribution in [1.82, 2.24) is 14.8 Å². The molecule has 7 heteroatoms. The van der Waals surface area contributed by atoms with Gasteiger partial charge in [-0.1, -0.05) is 23.9 Å². The lowest BCUT2D eigenvalue weighted by Gasteiger charge is -2.14. The van der Waals surface area contributed by atoms with Crippen LogP contribution < -0.4 is 5.32 Å². The first-order valence-corrected chi connectivity index (χ1v) is 9.29. The molecule has 2 aromatic rings. The molecule has 1 aliphatic rings. The lowest BCUT2D eigenvalue weighted by atomic mass is 10.3. The number of nitrogens with zero attached hydrogens (tertiary/aromatic N) is 3. The van der Waals surface area contributed by atoms with Crippen LogP contribution in [-0.2, 0) is 4.79 Å². The van der Waals surface area contributed by atoms with Crippen molar-refractivity contribution < 1.29 is 4.79 Å². The highest BCUT2D eigenvalue weighted by molar-refractivity contribution is 8.00. The molecule has 1 aliphatic carbocycles. The van der Waals surface area contributed by atoms with E-state index in [4.69, 9.17) is 0 Å². The molecule has 1 aromatic heterocycles. The second-order valence-electron chi connectivity index (χ2n) is 5.20. The molecule has 1 atom stereocenters. The fraction of sp³-hybridized carbons (Fsp3) is 0.400. The van der Waals surface area contributed by atoms with Gasteiger partial charge in [0, 0.05) is 10.9 Å². The molecule has 1 N–H and O–H groups in total. The Kier molecular flexibility index (Phi) is 4.73. The number of nitrogens with one attached hydrogen (secondary N) is 1. The quantitative estimate of drug-likeness (QED) is 0.820. The zero-order chi connectivity index (χ0) is 15.5. The summed E-state index contributed by atoms with van der Waals surface area (Å²) in [4.78, 5) is 13.5. The number of hydrogen-bond donors (Lipinski definition) is 1. The van der Waals surface area contributed by atoms with Crippen LogP contribution in [0.25, 0.3) is 0 Å². The van der Waals surface area contributed by atoms with E-state index in [1.165, 1.54) is 24.6 Å². The molecule has 0 saturated heterocycles. The van der Waals surface area contributed by atoms with E-state index in [9.17, 15) is 4.79 Å². The molecule has 3 rings (SSSR count). The number of benzene rings is 1. The first-order valence-electron chi connectivity index (χ1n) is 7.19. The molecule has 1 fully saturated rings. The van der Waals surface area contributed by atoms with E-state index in [0.717, 1.165) is 15.7 Å². The van der Waals surface area contributed by atoms with E-state index in [2.05, 4.69) is 20.1 Å². The number of anilines is 1. The molecule has 0 radical (unpaired) electrons. The Morgan fingerprint density at radius 1 is 1.41 bits per heavy atom. The van der Waals surface area contributed by atoms with E-state index in [1.807, 2.05) is 37.4 Å². The number of carbonyl (C=O) groups excluding carboxylic acids is 1. The number of aromatic nitrogens is 3. The average Bonchev–Trinajstić information content (AvgIpc) is 3.27. The van der Waals surface area contributed by atoms with Crippen LogP contribution in [0.4, 0.5) is 5.69 Å². The zero-order valence-corrected chi connectivity index (χ0v) is 14.2. The van der Waals surface area contributed by atoms with Crippen LogP contribution in [0.15, 0.2) is 40.6 Å². The van der Waals surface area contributed by atoms with Gasteiger partial charge >= 0.3 is 0 Å². The number of amides is 1. The smallest absolute Gasteiger partial charge is 0.237 e. The standard InChI is InChI=1S/C15H18N4OS2/c1-10(22-15-18-16-9-19(15)11-7-8-11)14(20)17-12-5-3-4-6-13(12)21-2/h3-6,9-11H,7-8H2,1-2H3,(H,17,20). The monoisotopic (exact) mass is 334 g/mol. The third-order valence-corrected chi connectivity index (χ3v) is 5.36. The lowest BCUT2D eigenvalue weighted by Crippen LogP contribution is -2.23. The Labute approximate surface area is 138 Å². The third kappa shape index (κ3) is 3.47. The van der Waals surface area contributed by atoms with Gasteiger partial charge in [0.05, 0.1) is 10.9 Å². The minimum absolute atomic E-state index is 0.0168. The maximum Gasteiger partial charge on any atom is 0.237 e. The molecule has 116 valence electrons. The molecule has 1 aromatic carbocycles. The van der Waals surface area contributed by atoms with Crippen LogP contribution in [0.1, 0.15) is 25.8 Å². The second-order valence-corrected chi connectivity index (χ2v) is 7.36. The summed E-state index contributed by atoms with van der Waals surface area (Å²) in [5, 5.41) is 11.7. The lowest BCUT2D eigenvalue weighted by molar-refractivity contribution is -0.115. The number of carbonyl (C=O) groups is 1. The van der Waals surface area contributed by atoms with Gasteiger partial charge < -0.3 is 9.88 Å². The van der Waals surface area contributed by atoms with Gasteiger partial charge in [0.1, 0.15) is 6.33 Å². The van der Waals surface area contributed by atoms with Gasteiger partial charge in [0.25, 0.3) is 0 Å². The van der Waals surface area contributed by atoms with Crippen molar-refractivity contribution >= 4 is 35.1 Å². The fourth-order valence-corrected chi connectivity index (χ4v) is 3.56.